The molecule has 3 heteroatoms. The van der Waals surface area contributed by atoms with Crippen LogP contribution in [0.4, 0.5) is 0 Å². The Morgan fingerprint density at radius 3 is 2.58 bits per heavy atom. The Hall–Kier alpha value is -0.830. The van der Waals surface area contributed by atoms with Crippen molar-refractivity contribution in [3.63, 3.8) is 0 Å². The third-order valence-corrected chi connectivity index (χ3v) is 7.69. The highest BCUT2D eigenvalue weighted by Crippen LogP contribution is 2.52. The van der Waals surface area contributed by atoms with Gasteiger partial charge < -0.3 is 9.80 Å². The Balaban J connectivity index is 1.31. The highest BCUT2D eigenvalue weighted by molar-refractivity contribution is 5.79. The lowest BCUT2D eigenvalue weighted by atomic mass is 9.65. The molecule has 2 bridgehead atoms. The van der Waals surface area contributed by atoms with Gasteiger partial charge >= 0.3 is 0 Å². The van der Waals surface area contributed by atoms with E-state index in [0.29, 0.717) is 28.7 Å². The first kappa shape index (κ1) is 18.5. The molecule has 4 rings (SSSR count). The van der Waals surface area contributed by atoms with Crippen molar-refractivity contribution in [1.82, 2.24) is 4.90 Å². The summed E-state index contributed by atoms with van der Waals surface area (Å²) in [6.45, 7) is 12.0. The molecule has 0 unspecified atom stereocenters. The van der Waals surface area contributed by atoms with E-state index in [1.807, 2.05) is 0 Å². The molecule has 0 spiro atoms. The van der Waals surface area contributed by atoms with Crippen LogP contribution < -0.4 is 4.90 Å². The topological polar surface area (TPSA) is 24.8 Å². The minimum Gasteiger partial charge on any atom is -0.339 e. The number of carbonyl (C=O) groups is 1. The number of rotatable bonds is 3. The molecule has 3 fully saturated rings. The average Bonchev–Trinajstić information content (AvgIpc) is 2.85. The normalized spacial score (nSPS) is 42.0. The third kappa shape index (κ3) is 3.88. The number of nitrogens with zero attached hydrogens (tertiary/aromatic N) is 1. The van der Waals surface area contributed by atoms with Crippen molar-refractivity contribution in [1.29, 1.82) is 0 Å². The predicted molar refractivity (Wildman–Crippen MR) is 106 cm³/mol. The minimum absolute atomic E-state index is 0.302. The Kier molecular flexibility index (Phi) is 4.96. The van der Waals surface area contributed by atoms with Crippen LogP contribution in [-0.4, -0.2) is 43.0 Å². The molecule has 0 radical (unpaired) electrons. The van der Waals surface area contributed by atoms with Crippen LogP contribution in [0.15, 0.2) is 12.2 Å². The average molecular weight is 360 g/mol. The van der Waals surface area contributed by atoms with Crippen LogP contribution in [0.25, 0.3) is 0 Å². The first-order valence-corrected chi connectivity index (χ1v) is 11.1. The second-order valence-corrected chi connectivity index (χ2v) is 11.1. The lowest BCUT2D eigenvalue weighted by molar-refractivity contribution is -0.909. The summed E-state index contributed by atoms with van der Waals surface area (Å²) in [6.07, 6.45) is 14.6. The summed E-state index contributed by atoms with van der Waals surface area (Å²) in [5.41, 5.74) is 0.761. The summed E-state index contributed by atoms with van der Waals surface area (Å²) < 4.78 is 0. The number of carbonyl (C=O) groups excluding carboxylic acids is 1. The maximum absolute atomic E-state index is 13.3. The second kappa shape index (κ2) is 6.96. The SMILES string of the molecule is CC1(C)C[C@H]2C[C@](C)(CN2C(=O)C2CC[NH+](C[C@H]3CC=CCC3)CC2)C1. The van der Waals surface area contributed by atoms with E-state index in [-0.39, 0.29) is 0 Å². The number of piperidine rings is 1. The Labute approximate surface area is 160 Å². The Bertz CT molecular complexity index is 561. The van der Waals surface area contributed by atoms with Crippen molar-refractivity contribution in [3.05, 3.63) is 12.2 Å². The van der Waals surface area contributed by atoms with Gasteiger partial charge in [0.1, 0.15) is 0 Å². The van der Waals surface area contributed by atoms with Gasteiger partial charge in [-0.1, -0.05) is 32.9 Å². The summed E-state index contributed by atoms with van der Waals surface area (Å²) in [4.78, 5) is 17.4. The van der Waals surface area contributed by atoms with E-state index in [0.717, 1.165) is 25.3 Å². The number of quaternary nitrogens is 1. The zero-order chi connectivity index (χ0) is 18.4. The molecule has 2 heterocycles. The van der Waals surface area contributed by atoms with E-state index in [9.17, 15) is 4.79 Å². The molecule has 0 aromatic rings. The van der Waals surface area contributed by atoms with Gasteiger partial charge in [0.15, 0.2) is 0 Å². The fourth-order valence-corrected chi connectivity index (χ4v) is 6.88. The van der Waals surface area contributed by atoms with Gasteiger partial charge in [-0.3, -0.25) is 4.79 Å². The van der Waals surface area contributed by atoms with Crippen LogP contribution in [0.3, 0.4) is 0 Å². The molecule has 2 saturated heterocycles. The fourth-order valence-electron chi connectivity index (χ4n) is 6.88. The molecular formula is C23H39N2O+. The fraction of sp³-hybridized carbons (Fsp3) is 0.870. The number of amides is 1. The number of hydrogen-bond donors (Lipinski definition) is 1. The molecule has 1 N–H and O–H groups in total. The van der Waals surface area contributed by atoms with Crippen LogP contribution in [0.1, 0.15) is 72.1 Å². The molecule has 26 heavy (non-hydrogen) atoms. The lowest BCUT2D eigenvalue weighted by Crippen LogP contribution is -3.13. The molecule has 4 aliphatic rings. The molecule has 3 nitrogen and oxygen atoms in total. The first-order valence-electron chi connectivity index (χ1n) is 11.1. The summed E-state index contributed by atoms with van der Waals surface area (Å²) in [6, 6.07) is 0.510. The minimum atomic E-state index is 0.302. The van der Waals surface area contributed by atoms with Gasteiger partial charge in [0.25, 0.3) is 0 Å². The zero-order valence-electron chi connectivity index (χ0n) is 17.2. The Morgan fingerprint density at radius 1 is 1.12 bits per heavy atom. The molecule has 2 aliphatic heterocycles. The van der Waals surface area contributed by atoms with E-state index in [1.54, 1.807) is 4.90 Å². The van der Waals surface area contributed by atoms with Gasteiger partial charge in [-0.25, -0.2) is 0 Å². The van der Waals surface area contributed by atoms with E-state index >= 15 is 0 Å². The summed E-state index contributed by atoms with van der Waals surface area (Å²) >= 11 is 0. The van der Waals surface area contributed by atoms with E-state index in [2.05, 4.69) is 37.8 Å². The first-order chi connectivity index (χ1) is 12.3. The molecular weight excluding hydrogens is 320 g/mol. The number of likely N-dealkylation sites (tertiary alicyclic amines) is 2. The zero-order valence-corrected chi connectivity index (χ0v) is 17.2. The van der Waals surface area contributed by atoms with Gasteiger partial charge in [-0.15, -0.1) is 0 Å². The van der Waals surface area contributed by atoms with Gasteiger partial charge in [0, 0.05) is 37.3 Å². The summed E-state index contributed by atoms with van der Waals surface area (Å²) in [5.74, 6) is 1.68. The molecule has 2 aliphatic carbocycles. The van der Waals surface area contributed by atoms with Crippen molar-refractivity contribution >= 4 is 5.91 Å². The van der Waals surface area contributed by atoms with Crippen molar-refractivity contribution in [2.45, 2.75) is 78.2 Å². The molecule has 3 atom stereocenters. The smallest absolute Gasteiger partial charge is 0.226 e. The predicted octanol–water partition coefficient (Wildman–Crippen LogP) is 3.06. The van der Waals surface area contributed by atoms with Crippen molar-refractivity contribution < 1.29 is 9.69 Å². The van der Waals surface area contributed by atoms with Gasteiger partial charge in [-0.05, 0) is 49.4 Å². The van der Waals surface area contributed by atoms with Crippen LogP contribution >= 0.6 is 0 Å². The van der Waals surface area contributed by atoms with Crippen molar-refractivity contribution in [3.8, 4) is 0 Å². The quantitative estimate of drug-likeness (QED) is 0.770. The monoisotopic (exact) mass is 359 g/mol. The highest BCUT2D eigenvalue weighted by atomic mass is 16.2. The lowest BCUT2D eigenvalue weighted by Gasteiger charge is -2.39. The van der Waals surface area contributed by atoms with Crippen LogP contribution in [0.5, 0.6) is 0 Å². The van der Waals surface area contributed by atoms with Gasteiger partial charge in [-0.2, -0.15) is 0 Å². The number of allylic oxidation sites excluding steroid dienone is 2. The maximum atomic E-state index is 13.3. The van der Waals surface area contributed by atoms with Gasteiger partial charge in [0.2, 0.25) is 5.91 Å². The highest BCUT2D eigenvalue weighted by Gasteiger charge is 2.51. The van der Waals surface area contributed by atoms with Crippen LogP contribution in [0.2, 0.25) is 0 Å². The number of fused-ring (bicyclic) bond motifs is 2. The molecule has 0 aromatic heterocycles. The third-order valence-electron chi connectivity index (χ3n) is 7.69. The summed E-state index contributed by atoms with van der Waals surface area (Å²) in [5, 5.41) is 0. The second-order valence-electron chi connectivity index (χ2n) is 11.1. The number of nitrogens with one attached hydrogen (secondary N) is 1. The standard InChI is InChI=1S/C23H38N2O/c1-22(2)13-20-14-23(3,16-22)17-25(20)21(26)19-9-11-24(12-10-19)15-18-7-5-4-6-8-18/h4-5,18-20H,6-17H2,1-3H3/p+1/t18-,20-,23-/m0/s1. The number of hydrogen-bond acceptors (Lipinski definition) is 1. The van der Waals surface area contributed by atoms with Gasteiger partial charge in [0.05, 0.1) is 19.6 Å². The van der Waals surface area contributed by atoms with Crippen LogP contribution in [0, 0.1) is 22.7 Å². The van der Waals surface area contributed by atoms with E-state index in [4.69, 9.17) is 0 Å². The van der Waals surface area contributed by atoms with Crippen molar-refractivity contribution in [2.75, 3.05) is 26.2 Å². The van der Waals surface area contributed by atoms with E-state index in [1.165, 1.54) is 58.2 Å². The largest absolute Gasteiger partial charge is 0.339 e. The molecule has 146 valence electrons. The molecule has 1 amide bonds. The summed E-state index contributed by atoms with van der Waals surface area (Å²) in [7, 11) is 0. The maximum Gasteiger partial charge on any atom is 0.226 e. The van der Waals surface area contributed by atoms with E-state index < -0.39 is 0 Å². The molecule has 0 aromatic carbocycles. The Morgan fingerprint density at radius 2 is 1.88 bits per heavy atom. The van der Waals surface area contributed by atoms with Crippen molar-refractivity contribution in [2.24, 2.45) is 22.7 Å². The van der Waals surface area contributed by atoms with Crippen LogP contribution in [-0.2, 0) is 4.79 Å². The molecule has 1 saturated carbocycles.